The maximum absolute atomic E-state index is 13.0. The van der Waals surface area contributed by atoms with Gasteiger partial charge in [0.25, 0.3) is 0 Å². The van der Waals surface area contributed by atoms with Gasteiger partial charge in [-0.3, -0.25) is 4.79 Å². The molecular formula is C14H13FN2O. The predicted molar refractivity (Wildman–Crippen MR) is 69.4 cm³/mol. The number of nitrogens with one attached hydrogen (secondary N) is 1. The second-order valence-electron chi connectivity index (χ2n) is 3.80. The van der Waals surface area contributed by atoms with Crippen LogP contribution < -0.4 is 5.32 Å². The van der Waals surface area contributed by atoms with Crippen molar-refractivity contribution < 1.29 is 9.18 Å². The maximum atomic E-state index is 13.0. The highest BCUT2D eigenvalue weighted by molar-refractivity contribution is 5.91. The fourth-order valence-corrected chi connectivity index (χ4v) is 1.60. The number of pyridine rings is 1. The van der Waals surface area contributed by atoms with Gasteiger partial charge in [0.05, 0.1) is 11.2 Å². The number of amides is 1. The van der Waals surface area contributed by atoms with Gasteiger partial charge in [-0.25, -0.2) is 9.37 Å². The Bertz CT molecular complexity index is 608. The molecule has 2 aromatic rings. The maximum Gasteiger partial charge on any atom is 0.244 e. The highest BCUT2D eigenvalue weighted by Crippen LogP contribution is 2.14. The molecular weight excluding hydrogens is 231 g/mol. The molecule has 0 radical (unpaired) electrons. The molecule has 1 aromatic carbocycles. The van der Waals surface area contributed by atoms with Gasteiger partial charge in [0.15, 0.2) is 0 Å². The van der Waals surface area contributed by atoms with Crippen molar-refractivity contribution in [2.75, 3.05) is 6.54 Å². The third-order valence-corrected chi connectivity index (χ3v) is 2.43. The molecule has 0 aliphatic rings. The van der Waals surface area contributed by atoms with Crippen LogP contribution in [0.15, 0.2) is 36.4 Å². The van der Waals surface area contributed by atoms with Crippen LogP contribution in [0.1, 0.15) is 12.6 Å². The third kappa shape index (κ3) is 2.91. The monoisotopic (exact) mass is 244 g/mol. The van der Waals surface area contributed by atoms with Crippen LogP contribution in [0.2, 0.25) is 0 Å². The Labute approximate surface area is 104 Å². The Hall–Kier alpha value is -2.23. The highest BCUT2D eigenvalue weighted by atomic mass is 19.1. The van der Waals surface area contributed by atoms with Gasteiger partial charge in [0, 0.05) is 18.0 Å². The van der Waals surface area contributed by atoms with Crippen molar-refractivity contribution in [1.82, 2.24) is 10.3 Å². The van der Waals surface area contributed by atoms with Crippen molar-refractivity contribution in [3.8, 4) is 0 Å². The molecule has 0 spiro atoms. The highest BCUT2D eigenvalue weighted by Gasteiger charge is 1.98. The lowest BCUT2D eigenvalue weighted by Gasteiger charge is -1.99. The number of fused-ring (bicyclic) bond motifs is 1. The van der Waals surface area contributed by atoms with Gasteiger partial charge < -0.3 is 5.32 Å². The molecule has 0 fully saturated rings. The van der Waals surface area contributed by atoms with Crippen LogP contribution in [-0.2, 0) is 4.79 Å². The van der Waals surface area contributed by atoms with Gasteiger partial charge in [-0.2, -0.15) is 0 Å². The summed E-state index contributed by atoms with van der Waals surface area (Å²) in [7, 11) is 0. The van der Waals surface area contributed by atoms with Gasteiger partial charge >= 0.3 is 0 Å². The summed E-state index contributed by atoms with van der Waals surface area (Å²) in [5.74, 6) is -0.437. The van der Waals surface area contributed by atoms with E-state index in [1.807, 2.05) is 6.92 Å². The normalized spacial score (nSPS) is 11.0. The molecule has 0 unspecified atom stereocenters. The molecule has 1 aromatic heterocycles. The summed E-state index contributed by atoms with van der Waals surface area (Å²) in [6.07, 6.45) is 3.06. The van der Waals surface area contributed by atoms with Gasteiger partial charge in [0.1, 0.15) is 5.82 Å². The topological polar surface area (TPSA) is 42.0 Å². The van der Waals surface area contributed by atoms with Gasteiger partial charge in [-0.1, -0.05) is 6.07 Å². The Kier molecular flexibility index (Phi) is 3.67. The van der Waals surface area contributed by atoms with E-state index in [0.717, 1.165) is 5.39 Å². The van der Waals surface area contributed by atoms with Crippen molar-refractivity contribution in [2.45, 2.75) is 6.92 Å². The molecule has 18 heavy (non-hydrogen) atoms. The SMILES string of the molecule is CCNC(=O)/C=C/c1ccc2cc(F)ccc2n1. The molecule has 4 heteroatoms. The molecule has 0 aliphatic carbocycles. The van der Waals surface area contributed by atoms with Crippen molar-refractivity contribution in [2.24, 2.45) is 0 Å². The summed E-state index contributed by atoms with van der Waals surface area (Å²) < 4.78 is 13.0. The molecule has 92 valence electrons. The summed E-state index contributed by atoms with van der Waals surface area (Å²) >= 11 is 0. The zero-order chi connectivity index (χ0) is 13.0. The van der Waals surface area contributed by atoms with E-state index in [0.29, 0.717) is 17.8 Å². The summed E-state index contributed by atoms with van der Waals surface area (Å²) in [5.41, 5.74) is 1.37. The first kappa shape index (κ1) is 12.2. The quantitative estimate of drug-likeness (QED) is 0.843. The van der Waals surface area contributed by atoms with Crippen LogP contribution in [0.3, 0.4) is 0 Å². The fourth-order valence-electron chi connectivity index (χ4n) is 1.60. The van der Waals surface area contributed by atoms with E-state index in [1.54, 1.807) is 24.3 Å². The predicted octanol–water partition coefficient (Wildman–Crippen LogP) is 2.52. The number of halogens is 1. The molecule has 0 bridgehead atoms. The van der Waals surface area contributed by atoms with Crippen LogP contribution >= 0.6 is 0 Å². The minimum absolute atomic E-state index is 0.154. The van der Waals surface area contributed by atoms with E-state index in [2.05, 4.69) is 10.3 Å². The van der Waals surface area contributed by atoms with Crippen LogP contribution in [0.5, 0.6) is 0 Å². The van der Waals surface area contributed by atoms with E-state index >= 15 is 0 Å². The lowest BCUT2D eigenvalue weighted by Crippen LogP contribution is -2.19. The average Bonchev–Trinajstić information content (AvgIpc) is 2.36. The Morgan fingerprint density at radius 2 is 2.22 bits per heavy atom. The molecule has 0 saturated carbocycles. The van der Waals surface area contributed by atoms with Gasteiger partial charge in [0.2, 0.25) is 5.91 Å². The van der Waals surface area contributed by atoms with Crippen molar-refractivity contribution in [1.29, 1.82) is 0 Å². The summed E-state index contributed by atoms with van der Waals surface area (Å²) in [6, 6.07) is 7.95. The zero-order valence-corrected chi connectivity index (χ0v) is 9.98. The molecule has 3 nitrogen and oxygen atoms in total. The molecule has 0 saturated heterocycles. The number of hydrogen-bond acceptors (Lipinski definition) is 2. The first-order valence-corrected chi connectivity index (χ1v) is 5.71. The first-order chi connectivity index (χ1) is 8.69. The summed E-state index contributed by atoms with van der Waals surface area (Å²) in [4.78, 5) is 15.6. The van der Waals surface area contributed by atoms with Crippen molar-refractivity contribution in [3.05, 3.63) is 47.9 Å². The van der Waals surface area contributed by atoms with E-state index < -0.39 is 0 Å². The average molecular weight is 244 g/mol. The molecule has 1 heterocycles. The number of rotatable bonds is 3. The number of nitrogens with zero attached hydrogens (tertiary/aromatic N) is 1. The van der Waals surface area contributed by atoms with Gasteiger partial charge in [-0.05, 0) is 37.3 Å². The van der Waals surface area contributed by atoms with Gasteiger partial charge in [-0.15, -0.1) is 0 Å². The second-order valence-corrected chi connectivity index (χ2v) is 3.80. The van der Waals surface area contributed by atoms with Crippen LogP contribution in [-0.4, -0.2) is 17.4 Å². The standard InChI is InChI=1S/C14H13FN2O/c1-2-16-14(18)8-6-12-5-3-10-9-11(15)4-7-13(10)17-12/h3-9H,2H2,1H3,(H,16,18)/b8-6+. The fraction of sp³-hybridized carbons (Fsp3) is 0.143. The zero-order valence-electron chi connectivity index (χ0n) is 9.98. The number of carbonyl (C=O) groups is 1. The summed E-state index contributed by atoms with van der Waals surface area (Å²) in [6.45, 7) is 2.45. The molecule has 1 amide bonds. The number of benzene rings is 1. The first-order valence-electron chi connectivity index (χ1n) is 5.71. The number of aromatic nitrogens is 1. The number of hydrogen-bond donors (Lipinski definition) is 1. The molecule has 2 rings (SSSR count). The van der Waals surface area contributed by atoms with Crippen LogP contribution in [0.4, 0.5) is 4.39 Å². The Balaban J connectivity index is 2.25. The van der Waals surface area contributed by atoms with E-state index in [-0.39, 0.29) is 11.7 Å². The lowest BCUT2D eigenvalue weighted by atomic mass is 10.2. The second kappa shape index (κ2) is 5.40. The summed E-state index contributed by atoms with van der Waals surface area (Å²) in [5, 5.41) is 3.40. The molecule has 1 N–H and O–H groups in total. The Morgan fingerprint density at radius 3 is 3.00 bits per heavy atom. The van der Waals surface area contributed by atoms with Crippen LogP contribution in [0.25, 0.3) is 17.0 Å². The van der Waals surface area contributed by atoms with Crippen LogP contribution in [0, 0.1) is 5.82 Å². The van der Waals surface area contributed by atoms with Crippen molar-refractivity contribution in [3.63, 3.8) is 0 Å². The molecule has 0 atom stereocenters. The van der Waals surface area contributed by atoms with E-state index in [9.17, 15) is 9.18 Å². The minimum atomic E-state index is -0.282. The smallest absolute Gasteiger partial charge is 0.244 e. The number of carbonyl (C=O) groups excluding carboxylic acids is 1. The van der Waals surface area contributed by atoms with E-state index in [4.69, 9.17) is 0 Å². The van der Waals surface area contributed by atoms with E-state index in [1.165, 1.54) is 18.2 Å². The minimum Gasteiger partial charge on any atom is -0.353 e. The number of likely N-dealkylation sites (N-methyl/N-ethyl adjacent to an activating group) is 1. The lowest BCUT2D eigenvalue weighted by molar-refractivity contribution is -0.116. The third-order valence-electron chi connectivity index (χ3n) is 2.43. The largest absolute Gasteiger partial charge is 0.353 e. The van der Waals surface area contributed by atoms with Crippen molar-refractivity contribution >= 4 is 22.9 Å². The Morgan fingerprint density at radius 1 is 1.39 bits per heavy atom. The molecule has 0 aliphatic heterocycles.